The SMILES string of the molecule is CCN(Cc1cc(CNCC(C)C)no1)CC(C)C. The number of hydrogen-bond donors (Lipinski definition) is 1. The van der Waals surface area contributed by atoms with Crippen molar-refractivity contribution >= 4 is 0 Å². The van der Waals surface area contributed by atoms with E-state index < -0.39 is 0 Å². The molecule has 0 aromatic carbocycles. The second-order valence-electron chi connectivity index (χ2n) is 6.03. The maximum absolute atomic E-state index is 5.40. The van der Waals surface area contributed by atoms with E-state index in [4.69, 9.17) is 4.52 Å². The van der Waals surface area contributed by atoms with Gasteiger partial charge in [0.1, 0.15) is 0 Å². The fourth-order valence-electron chi connectivity index (χ4n) is 2.04. The predicted octanol–water partition coefficient (Wildman–Crippen LogP) is 2.90. The Balaban J connectivity index is 2.40. The lowest BCUT2D eigenvalue weighted by atomic mass is 10.2. The van der Waals surface area contributed by atoms with Gasteiger partial charge in [-0.15, -0.1) is 0 Å². The number of aromatic nitrogens is 1. The van der Waals surface area contributed by atoms with Crippen molar-refractivity contribution in [3.63, 3.8) is 0 Å². The minimum Gasteiger partial charge on any atom is -0.360 e. The summed E-state index contributed by atoms with van der Waals surface area (Å²) in [6, 6.07) is 2.07. The van der Waals surface area contributed by atoms with Crippen molar-refractivity contribution in [3.8, 4) is 0 Å². The molecule has 110 valence electrons. The van der Waals surface area contributed by atoms with Gasteiger partial charge in [-0.2, -0.15) is 0 Å². The second-order valence-corrected chi connectivity index (χ2v) is 6.03. The zero-order chi connectivity index (χ0) is 14.3. The molecule has 1 heterocycles. The largest absolute Gasteiger partial charge is 0.360 e. The van der Waals surface area contributed by atoms with Crippen LogP contribution in [0.1, 0.15) is 46.1 Å². The van der Waals surface area contributed by atoms with Crippen LogP contribution in [-0.2, 0) is 13.1 Å². The van der Waals surface area contributed by atoms with Gasteiger partial charge in [0.05, 0.1) is 12.2 Å². The Morgan fingerprint density at radius 3 is 2.58 bits per heavy atom. The Morgan fingerprint density at radius 2 is 2.00 bits per heavy atom. The summed E-state index contributed by atoms with van der Waals surface area (Å²) in [6.07, 6.45) is 0. The highest BCUT2D eigenvalue weighted by Gasteiger charge is 2.10. The third-order valence-electron chi connectivity index (χ3n) is 2.92. The molecule has 0 saturated heterocycles. The molecule has 0 radical (unpaired) electrons. The molecule has 0 saturated carbocycles. The smallest absolute Gasteiger partial charge is 0.151 e. The van der Waals surface area contributed by atoms with Crippen LogP contribution in [0.4, 0.5) is 0 Å². The zero-order valence-electron chi connectivity index (χ0n) is 13.1. The van der Waals surface area contributed by atoms with Crippen molar-refractivity contribution in [2.24, 2.45) is 11.8 Å². The van der Waals surface area contributed by atoms with E-state index in [9.17, 15) is 0 Å². The molecule has 0 unspecified atom stereocenters. The summed E-state index contributed by atoms with van der Waals surface area (Å²) in [4.78, 5) is 2.39. The van der Waals surface area contributed by atoms with Crippen molar-refractivity contribution in [1.82, 2.24) is 15.4 Å². The van der Waals surface area contributed by atoms with Gasteiger partial charge < -0.3 is 9.84 Å². The van der Waals surface area contributed by atoms with E-state index >= 15 is 0 Å². The van der Waals surface area contributed by atoms with Crippen LogP contribution in [0.25, 0.3) is 0 Å². The lowest BCUT2D eigenvalue weighted by Gasteiger charge is -2.20. The number of hydrogen-bond acceptors (Lipinski definition) is 4. The van der Waals surface area contributed by atoms with Crippen LogP contribution in [0.15, 0.2) is 10.6 Å². The van der Waals surface area contributed by atoms with E-state index in [-0.39, 0.29) is 0 Å². The fraction of sp³-hybridized carbons (Fsp3) is 0.800. The van der Waals surface area contributed by atoms with E-state index in [2.05, 4.69) is 56.1 Å². The average molecular weight is 267 g/mol. The molecule has 1 rings (SSSR count). The van der Waals surface area contributed by atoms with E-state index in [1.165, 1.54) is 0 Å². The van der Waals surface area contributed by atoms with Crippen LogP contribution in [0, 0.1) is 11.8 Å². The minimum atomic E-state index is 0.660. The summed E-state index contributed by atoms with van der Waals surface area (Å²) in [5.74, 6) is 2.30. The molecule has 1 aromatic heterocycles. The highest BCUT2D eigenvalue weighted by Crippen LogP contribution is 2.09. The quantitative estimate of drug-likeness (QED) is 0.747. The summed E-state index contributed by atoms with van der Waals surface area (Å²) in [7, 11) is 0. The molecule has 0 spiro atoms. The van der Waals surface area contributed by atoms with Crippen molar-refractivity contribution in [2.75, 3.05) is 19.6 Å². The molecular weight excluding hydrogens is 238 g/mol. The number of rotatable bonds is 9. The molecular formula is C15H29N3O. The van der Waals surface area contributed by atoms with E-state index in [0.717, 1.165) is 44.2 Å². The fourth-order valence-corrected chi connectivity index (χ4v) is 2.04. The third-order valence-corrected chi connectivity index (χ3v) is 2.92. The lowest BCUT2D eigenvalue weighted by molar-refractivity contribution is 0.218. The molecule has 0 aliphatic rings. The van der Waals surface area contributed by atoms with Gasteiger partial charge in [-0.25, -0.2) is 0 Å². The third kappa shape index (κ3) is 6.73. The first-order valence-corrected chi connectivity index (χ1v) is 7.38. The molecule has 0 aliphatic heterocycles. The Bertz CT molecular complexity index is 347. The topological polar surface area (TPSA) is 41.3 Å². The number of nitrogens with zero attached hydrogens (tertiary/aromatic N) is 2. The summed E-state index contributed by atoms with van der Waals surface area (Å²) in [6.45, 7) is 15.9. The van der Waals surface area contributed by atoms with Gasteiger partial charge in [-0.1, -0.05) is 39.8 Å². The second kappa shape index (κ2) is 8.33. The molecule has 0 atom stereocenters. The molecule has 4 nitrogen and oxygen atoms in total. The van der Waals surface area contributed by atoms with E-state index in [1.807, 2.05) is 0 Å². The maximum atomic E-state index is 5.40. The van der Waals surface area contributed by atoms with Gasteiger partial charge in [0.25, 0.3) is 0 Å². The molecule has 19 heavy (non-hydrogen) atoms. The van der Waals surface area contributed by atoms with Crippen LogP contribution >= 0.6 is 0 Å². The van der Waals surface area contributed by atoms with Crippen LogP contribution in [0.5, 0.6) is 0 Å². The Labute approximate surface area is 117 Å². The summed E-state index contributed by atoms with van der Waals surface area (Å²) < 4.78 is 5.40. The highest BCUT2D eigenvalue weighted by molar-refractivity contribution is 5.05. The summed E-state index contributed by atoms with van der Waals surface area (Å²) in [5, 5.41) is 7.49. The summed E-state index contributed by atoms with van der Waals surface area (Å²) in [5.41, 5.74) is 0.997. The molecule has 0 bridgehead atoms. The first-order valence-electron chi connectivity index (χ1n) is 7.38. The molecule has 0 amide bonds. The first kappa shape index (κ1) is 16.2. The van der Waals surface area contributed by atoms with Crippen LogP contribution in [0.3, 0.4) is 0 Å². The van der Waals surface area contributed by atoms with Gasteiger partial charge in [-0.3, -0.25) is 4.90 Å². The standard InChI is InChI=1S/C15H29N3O/c1-6-18(10-13(4)5)11-15-7-14(17-19-15)9-16-8-12(2)3/h7,12-13,16H,6,8-11H2,1-5H3. The lowest BCUT2D eigenvalue weighted by Crippen LogP contribution is -2.26. The zero-order valence-corrected chi connectivity index (χ0v) is 13.1. The molecule has 0 aliphatic carbocycles. The van der Waals surface area contributed by atoms with Gasteiger partial charge >= 0.3 is 0 Å². The normalized spacial score (nSPS) is 12.0. The monoisotopic (exact) mass is 267 g/mol. The molecule has 1 aromatic rings. The van der Waals surface area contributed by atoms with Gasteiger partial charge in [0, 0.05) is 19.2 Å². The van der Waals surface area contributed by atoms with Crippen molar-refractivity contribution in [2.45, 2.75) is 47.7 Å². The average Bonchev–Trinajstić information content (AvgIpc) is 2.75. The Hall–Kier alpha value is -0.870. The van der Waals surface area contributed by atoms with E-state index in [0.29, 0.717) is 11.8 Å². The maximum Gasteiger partial charge on any atom is 0.151 e. The van der Waals surface area contributed by atoms with Crippen LogP contribution in [0.2, 0.25) is 0 Å². The van der Waals surface area contributed by atoms with Gasteiger partial charge in [-0.05, 0) is 24.9 Å². The first-order chi connectivity index (χ1) is 9.01. The van der Waals surface area contributed by atoms with E-state index in [1.54, 1.807) is 0 Å². The van der Waals surface area contributed by atoms with Gasteiger partial charge in [0.15, 0.2) is 5.76 Å². The number of nitrogens with one attached hydrogen (secondary N) is 1. The molecule has 1 N–H and O–H groups in total. The van der Waals surface area contributed by atoms with Crippen LogP contribution in [-0.4, -0.2) is 29.7 Å². The van der Waals surface area contributed by atoms with Crippen molar-refractivity contribution in [1.29, 1.82) is 0 Å². The minimum absolute atomic E-state index is 0.660. The van der Waals surface area contributed by atoms with Gasteiger partial charge in [0.2, 0.25) is 0 Å². The predicted molar refractivity (Wildman–Crippen MR) is 78.8 cm³/mol. The Kier molecular flexibility index (Phi) is 7.10. The highest BCUT2D eigenvalue weighted by atomic mass is 16.5. The van der Waals surface area contributed by atoms with Crippen LogP contribution < -0.4 is 5.32 Å². The molecule has 0 fully saturated rings. The van der Waals surface area contributed by atoms with Crippen molar-refractivity contribution in [3.05, 3.63) is 17.5 Å². The summed E-state index contributed by atoms with van der Waals surface area (Å²) >= 11 is 0. The Morgan fingerprint density at radius 1 is 1.26 bits per heavy atom. The van der Waals surface area contributed by atoms with Crippen molar-refractivity contribution < 1.29 is 4.52 Å². The molecule has 4 heteroatoms.